The largest absolute Gasteiger partial charge is 0.396 e. The van der Waals surface area contributed by atoms with Crippen molar-refractivity contribution >= 4 is 22.2 Å². The van der Waals surface area contributed by atoms with Gasteiger partial charge in [0, 0.05) is 29.7 Å². The van der Waals surface area contributed by atoms with Gasteiger partial charge in [0.2, 0.25) is 0 Å². The van der Waals surface area contributed by atoms with Crippen LogP contribution in [0.25, 0.3) is 16.6 Å². The van der Waals surface area contributed by atoms with Gasteiger partial charge >= 0.3 is 0 Å². The average Bonchev–Trinajstić information content (AvgIpc) is 3.04. The molecular formula is C16H15N5. The molecule has 104 valence electrons. The molecule has 5 heteroatoms. The number of aromatic amines is 1. The number of H-pyrrole nitrogens is 1. The number of para-hydroxylation sites is 1. The highest BCUT2D eigenvalue weighted by Crippen LogP contribution is 2.21. The molecule has 4 rings (SSSR count). The number of hydrogen-bond acceptors (Lipinski definition) is 3. The quantitative estimate of drug-likeness (QED) is 0.591. The van der Waals surface area contributed by atoms with Crippen LogP contribution in [0.4, 0.5) is 5.69 Å². The molecule has 0 saturated carbocycles. The van der Waals surface area contributed by atoms with Crippen molar-refractivity contribution in [2.24, 2.45) is 0 Å². The zero-order valence-electron chi connectivity index (χ0n) is 11.7. The summed E-state index contributed by atoms with van der Waals surface area (Å²) < 4.78 is 1.76. The predicted molar refractivity (Wildman–Crippen MR) is 83.2 cm³/mol. The highest BCUT2D eigenvalue weighted by molar-refractivity contribution is 5.83. The van der Waals surface area contributed by atoms with Crippen molar-refractivity contribution in [2.45, 2.75) is 13.3 Å². The molecule has 3 N–H and O–H groups in total. The fourth-order valence-corrected chi connectivity index (χ4v) is 2.72. The number of benzene rings is 1. The third-order valence-corrected chi connectivity index (χ3v) is 3.67. The van der Waals surface area contributed by atoms with Crippen molar-refractivity contribution in [1.29, 1.82) is 0 Å². The smallest absolute Gasteiger partial charge is 0.178 e. The monoisotopic (exact) mass is 277 g/mol. The van der Waals surface area contributed by atoms with Crippen LogP contribution in [0.1, 0.15) is 17.0 Å². The second-order valence-electron chi connectivity index (χ2n) is 5.31. The summed E-state index contributed by atoms with van der Waals surface area (Å²) in [4.78, 5) is 7.82. The van der Waals surface area contributed by atoms with E-state index < -0.39 is 0 Å². The summed E-state index contributed by atoms with van der Waals surface area (Å²) in [6.45, 7) is 2.00. The number of aryl methyl sites for hydroxylation is 1. The Kier molecular flexibility index (Phi) is 2.47. The van der Waals surface area contributed by atoms with Gasteiger partial charge in [0.15, 0.2) is 11.5 Å². The molecule has 0 aliphatic carbocycles. The van der Waals surface area contributed by atoms with Crippen molar-refractivity contribution in [2.75, 3.05) is 5.73 Å². The van der Waals surface area contributed by atoms with Crippen LogP contribution in [-0.2, 0) is 6.42 Å². The van der Waals surface area contributed by atoms with Crippen molar-refractivity contribution < 1.29 is 0 Å². The average molecular weight is 277 g/mol. The van der Waals surface area contributed by atoms with E-state index >= 15 is 0 Å². The maximum atomic E-state index is 6.00. The number of pyridine rings is 1. The maximum Gasteiger partial charge on any atom is 0.178 e. The van der Waals surface area contributed by atoms with Crippen molar-refractivity contribution in [1.82, 2.24) is 19.6 Å². The van der Waals surface area contributed by atoms with Gasteiger partial charge in [0.25, 0.3) is 0 Å². The van der Waals surface area contributed by atoms with Crippen molar-refractivity contribution in [3.8, 4) is 0 Å². The van der Waals surface area contributed by atoms with Crippen molar-refractivity contribution in [3.63, 3.8) is 0 Å². The first-order chi connectivity index (χ1) is 10.2. The van der Waals surface area contributed by atoms with Crippen LogP contribution in [0.3, 0.4) is 0 Å². The molecule has 4 aromatic rings. The third-order valence-electron chi connectivity index (χ3n) is 3.67. The highest BCUT2D eigenvalue weighted by Gasteiger charge is 2.10. The Balaban J connectivity index is 1.79. The number of nitrogen functional groups attached to an aromatic ring is 1. The van der Waals surface area contributed by atoms with Gasteiger partial charge in [-0.05, 0) is 30.2 Å². The van der Waals surface area contributed by atoms with E-state index in [1.165, 1.54) is 10.9 Å². The van der Waals surface area contributed by atoms with Crippen molar-refractivity contribution in [3.05, 3.63) is 59.7 Å². The van der Waals surface area contributed by atoms with Gasteiger partial charge in [-0.15, -0.1) is 0 Å². The Hall–Kier alpha value is -2.82. The Morgan fingerprint density at radius 2 is 2.14 bits per heavy atom. The van der Waals surface area contributed by atoms with Crippen LogP contribution in [0.15, 0.2) is 42.7 Å². The third kappa shape index (κ3) is 1.94. The van der Waals surface area contributed by atoms with E-state index in [1.54, 1.807) is 4.52 Å². The molecule has 1 aromatic carbocycles. The van der Waals surface area contributed by atoms with E-state index in [-0.39, 0.29) is 0 Å². The van der Waals surface area contributed by atoms with Gasteiger partial charge in [0.05, 0.1) is 5.69 Å². The summed E-state index contributed by atoms with van der Waals surface area (Å²) in [5, 5.41) is 5.74. The van der Waals surface area contributed by atoms with Gasteiger partial charge in [-0.3, -0.25) is 0 Å². The van der Waals surface area contributed by atoms with Gasteiger partial charge in [-0.25, -0.2) is 9.50 Å². The lowest BCUT2D eigenvalue weighted by Gasteiger charge is -1.97. The van der Waals surface area contributed by atoms with E-state index in [1.807, 2.05) is 37.5 Å². The summed E-state index contributed by atoms with van der Waals surface area (Å²) in [5.41, 5.74) is 10.8. The molecule has 21 heavy (non-hydrogen) atoms. The Bertz CT molecular complexity index is 948. The molecule has 5 nitrogen and oxygen atoms in total. The molecule has 3 aromatic heterocycles. The molecule has 3 heterocycles. The number of nitrogens with one attached hydrogen (secondary N) is 1. The molecule has 0 bridgehead atoms. The zero-order valence-corrected chi connectivity index (χ0v) is 11.7. The number of anilines is 1. The fraction of sp³-hybridized carbons (Fsp3) is 0.125. The molecule has 0 spiro atoms. The first kappa shape index (κ1) is 12.0. The lowest BCUT2D eigenvalue weighted by atomic mass is 10.1. The SMILES string of the molecule is Cc1cc(N)c2nc(Cc3c[nH]c4ccccc34)nn2c1. The van der Waals surface area contributed by atoms with Crippen LogP contribution in [0.5, 0.6) is 0 Å². The minimum Gasteiger partial charge on any atom is -0.396 e. The first-order valence-electron chi connectivity index (χ1n) is 6.87. The fourth-order valence-electron chi connectivity index (χ4n) is 2.72. The predicted octanol–water partition coefficient (Wildman–Crippen LogP) is 2.69. The summed E-state index contributed by atoms with van der Waals surface area (Å²) in [6, 6.07) is 10.2. The molecular weight excluding hydrogens is 262 g/mol. The van der Waals surface area contributed by atoms with E-state index in [0.717, 1.165) is 22.6 Å². The Morgan fingerprint density at radius 1 is 1.29 bits per heavy atom. The molecule has 0 saturated heterocycles. The van der Waals surface area contributed by atoms with Gasteiger partial charge in [0.1, 0.15) is 0 Å². The lowest BCUT2D eigenvalue weighted by molar-refractivity contribution is 0.897. The summed E-state index contributed by atoms with van der Waals surface area (Å²) in [5.74, 6) is 0.775. The second kappa shape index (κ2) is 4.34. The van der Waals surface area contributed by atoms with Gasteiger partial charge < -0.3 is 10.7 Å². The van der Waals surface area contributed by atoms with Gasteiger partial charge in [-0.1, -0.05) is 18.2 Å². The van der Waals surface area contributed by atoms with E-state index in [0.29, 0.717) is 12.1 Å². The normalized spacial score (nSPS) is 11.5. The number of rotatable bonds is 2. The second-order valence-corrected chi connectivity index (χ2v) is 5.31. The summed E-state index contributed by atoms with van der Waals surface area (Å²) in [7, 11) is 0. The molecule has 0 unspecified atom stereocenters. The minimum atomic E-state index is 0.660. The number of nitrogens with zero attached hydrogens (tertiary/aromatic N) is 3. The summed E-state index contributed by atoms with van der Waals surface area (Å²) >= 11 is 0. The van der Waals surface area contributed by atoms with E-state index in [9.17, 15) is 0 Å². The van der Waals surface area contributed by atoms with Crippen LogP contribution in [0.2, 0.25) is 0 Å². The standard InChI is InChI=1S/C16H15N5/c1-10-6-13(17)16-19-15(20-21(16)9-10)7-11-8-18-14-5-3-2-4-12(11)14/h2-6,8-9,18H,7,17H2,1H3. The minimum absolute atomic E-state index is 0.660. The van der Waals surface area contributed by atoms with Crippen LogP contribution in [-0.4, -0.2) is 19.6 Å². The molecule has 0 fully saturated rings. The van der Waals surface area contributed by atoms with E-state index in [2.05, 4.69) is 27.2 Å². The Morgan fingerprint density at radius 3 is 3.05 bits per heavy atom. The number of hydrogen-bond donors (Lipinski definition) is 2. The lowest BCUT2D eigenvalue weighted by Crippen LogP contribution is -1.95. The molecule has 0 aliphatic heterocycles. The number of aromatic nitrogens is 4. The molecule has 0 amide bonds. The topological polar surface area (TPSA) is 72.0 Å². The molecule has 0 radical (unpaired) electrons. The highest BCUT2D eigenvalue weighted by atomic mass is 15.3. The summed E-state index contributed by atoms with van der Waals surface area (Å²) in [6.07, 6.45) is 4.65. The van der Waals surface area contributed by atoms with Gasteiger partial charge in [-0.2, -0.15) is 5.10 Å². The molecule has 0 atom stereocenters. The zero-order chi connectivity index (χ0) is 14.4. The van der Waals surface area contributed by atoms with Crippen LogP contribution >= 0.6 is 0 Å². The number of fused-ring (bicyclic) bond motifs is 2. The van der Waals surface area contributed by atoms with Crippen LogP contribution < -0.4 is 5.73 Å². The van der Waals surface area contributed by atoms with E-state index in [4.69, 9.17) is 5.73 Å². The number of nitrogens with two attached hydrogens (primary N) is 1. The molecule has 0 aliphatic rings. The van der Waals surface area contributed by atoms with Crippen LogP contribution in [0, 0.1) is 6.92 Å². The first-order valence-corrected chi connectivity index (χ1v) is 6.87. The Labute approximate surface area is 121 Å². The maximum absolute atomic E-state index is 6.00.